The molecule has 1 N–H and O–H groups in total. The molecule has 0 bridgehead atoms. The van der Waals surface area contributed by atoms with E-state index in [1.54, 1.807) is 12.1 Å². The number of hydrogen-bond acceptors (Lipinski definition) is 9. The normalized spacial score (nSPS) is 15.8. The van der Waals surface area contributed by atoms with Crippen LogP contribution in [-0.4, -0.2) is 44.6 Å². The summed E-state index contributed by atoms with van der Waals surface area (Å²) in [6.07, 6.45) is 2.58. The first-order chi connectivity index (χ1) is 15.5. The van der Waals surface area contributed by atoms with E-state index in [0.29, 0.717) is 29.4 Å². The maximum Gasteiger partial charge on any atom is 0.331 e. The topological polar surface area (TPSA) is 108 Å². The van der Waals surface area contributed by atoms with E-state index in [9.17, 15) is 9.59 Å². The average molecular weight is 455 g/mol. The van der Waals surface area contributed by atoms with Crippen LogP contribution in [0.15, 0.2) is 63.6 Å². The van der Waals surface area contributed by atoms with Crippen molar-refractivity contribution in [2.75, 3.05) is 21.3 Å². The molecule has 3 rings (SSSR count). The average Bonchev–Trinajstić information content (AvgIpc) is 3.16. The number of carbonyl (C=O) groups excluding carboxylic acids is 2. The van der Waals surface area contributed by atoms with E-state index in [1.165, 1.54) is 27.5 Å². The molecule has 1 aliphatic rings. The molecule has 9 nitrogen and oxygen atoms in total. The zero-order chi connectivity index (χ0) is 22.9. The molecule has 0 aliphatic carbocycles. The first-order valence-corrected chi connectivity index (χ1v) is 10.2. The van der Waals surface area contributed by atoms with Gasteiger partial charge in [-0.25, -0.2) is 4.79 Å². The highest BCUT2D eigenvalue weighted by atomic mass is 32.2. The summed E-state index contributed by atoms with van der Waals surface area (Å²) in [4.78, 5) is 23.4. The highest BCUT2D eigenvalue weighted by Gasteiger charge is 2.25. The largest absolute Gasteiger partial charge is 0.493 e. The van der Waals surface area contributed by atoms with Crippen molar-refractivity contribution >= 4 is 35.0 Å². The molecule has 0 unspecified atom stereocenters. The molecule has 0 aromatic heterocycles. The van der Waals surface area contributed by atoms with Gasteiger partial charge in [-0.1, -0.05) is 30.3 Å². The Morgan fingerprint density at radius 1 is 1.09 bits per heavy atom. The maximum absolute atomic E-state index is 11.9. The Morgan fingerprint density at radius 3 is 2.53 bits per heavy atom. The van der Waals surface area contributed by atoms with E-state index in [-0.39, 0.29) is 10.1 Å². The van der Waals surface area contributed by atoms with Crippen LogP contribution >= 0.6 is 11.8 Å². The number of thioether (sulfide) groups is 1. The molecular weight excluding hydrogens is 434 g/mol. The number of esters is 1. The molecule has 2 aromatic rings. The number of benzene rings is 2. The van der Waals surface area contributed by atoms with Gasteiger partial charge in [-0.2, -0.15) is 5.10 Å². The van der Waals surface area contributed by atoms with Crippen LogP contribution in [0.1, 0.15) is 11.1 Å². The fraction of sp³-hybridized carbons (Fsp3) is 0.182. The number of amidine groups is 1. The predicted octanol–water partition coefficient (Wildman–Crippen LogP) is 2.89. The Balaban J connectivity index is 1.78. The van der Waals surface area contributed by atoms with Crippen LogP contribution in [-0.2, 0) is 20.9 Å². The first kappa shape index (κ1) is 22.9. The summed E-state index contributed by atoms with van der Waals surface area (Å²) in [5.74, 6) is 0.344. The zero-order valence-corrected chi connectivity index (χ0v) is 18.5. The lowest BCUT2D eigenvalue weighted by Crippen LogP contribution is -2.19. The monoisotopic (exact) mass is 455 g/mol. The quantitative estimate of drug-likeness (QED) is 0.282. The fourth-order valence-corrected chi connectivity index (χ4v) is 3.39. The lowest BCUT2D eigenvalue weighted by Gasteiger charge is -2.14. The third kappa shape index (κ3) is 5.88. The van der Waals surface area contributed by atoms with Crippen molar-refractivity contribution in [1.29, 1.82) is 0 Å². The summed E-state index contributed by atoms with van der Waals surface area (Å²) in [5.41, 5.74) is 1.65. The van der Waals surface area contributed by atoms with Gasteiger partial charge in [0.15, 0.2) is 16.7 Å². The first-order valence-electron chi connectivity index (χ1n) is 9.36. The summed E-state index contributed by atoms with van der Waals surface area (Å²) >= 11 is 0.987. The molecule has 0 saturated carbocycles. The van der Waals surface area contributed by atoms with Gasteiger partial charge in [-0.05, 0) is 29.5 Å². The van der Waals surface area contributed by atoms with Gasteiger partial charge in [0.2, 0.25) is 5.75 Å². The molecule has 0 atom stereocenters. The molecule has 166 valence electrons. The fourth-order valence-electron chi connectivity index (χ4n) is 2.66. The van der Waals surface area contributed by atoms with Gasteiger partial charge in [0.25, 0.3) is 5.91 Å². The van der Waals surface area contributed by atoms with Gasteiger partial charge in [0.05, 0.1) is 32.4 Å². The summed E-state index contributed by atoms with van der Waals surface area (Å²) in [5, 5.41) is 10.8. The lowest BCUT2D eigenvalue weighted by molar-refractivity contribution is -0.135. The van der Waals surface area contributed by atoms with Crippen LogP contribution in [0, 0.1) is 0 Å². The minimum Gasteiger partial charge on any atom is -0.493 e. The van der Waals surface area contributed by atoms with Crippen LogP contribution < -0.4 is 19.5 Å². The van der Waals surface area contributed by atoms with Crippen molar-refractivity contribution in [2.45, 2.75) is 6.61 Å². The summed E-state index contributed by atoms with van der Waals surface area (Å²) in [6, 6.07) is 13.2. The Hall–Kier alpha value is -3.79. The Labute approximate surface area is 189 Å². The van der Waals surface area contributed by atoms with Gasteiger partial charge in [-0.3, -0.25) is 10.1 Å². The van der Waals surface area contributed by atoms with Gasteiger partial charge in [0, 0.05) is 11.6 Å². The number of rotatable bonds is 8. The Kier molecular flexibility index (Phi) is 7.87. The molecule has 2 aromatic carbocycles. The molecule has 0 spiro atoms. The van der Waals surface area contributed by atoms with Gasteiger partial charge in [-0.15, -0.1) is 5.10 Å². The van der Waals surface area contributed by atoms with Crippen molar-refractivity contribution in [3.05, 3.63) is 64.6 Å². The van der Waals surface area contributed by atoms with Crippen LogP contribution in [0.25, 0.3) is 0 Å². The van der Waals surface area contributed by atoms with Crippen LogP contribution in [0.3, 0.4) is 0 Å². The van der Waals surface area contributed by atoms with Gasteiger partial charge >= 0.3 is 5.97 Å². The molecular formula is C22H21N3O6S. The van der Waals surface area contributed by atoms with E-state index in [1.807, 2.05) is 30.3 Å². The van der Waals surface area contributed by atoms with Gasteiger partial charge in [0.1, 0.15) is 6.61 Å². The Morgan fingerprint density at radius 2 is 1.84 bits per heavy atom. The number of amides is 1. The van der Waals surface area contributed by atoms with E-state index < -0.39 is 11.9 Å². The van der Waals surface area contributed by atoms with Crippen molar-refractivity contribution < 1.29 is 28.5 Å². The molecule has 1 amide bonds. The molecule has 0 radical (unpaired) electrons. The van der Waals surface area contributed by atoms with E-state index in [4.69, 9.17) is 14.2 Å². The van der Waals surface area contributed by atoms with E-state index in [0.717, 1.165) is 23.4 Å². The maximum atomic E-state index is 11.9. The van der Waals surface area contributed by atoms with Crippen LogP contribution in [0.5, 0.6) is 17.2 Å². The second-order valence-corrected chi connectivity index (χ2v) is 7.30. The molecule has 1 saturated heterocycles. The van der Waals surface area contributed by atoms with Gasteiger partial charge < -0.3 is 18.9 Å². The number of nitrogens with one attached hydrogen (secondary N) is 1. The molecule has 1 aliphatic heterocycles. The SMILES string of the molecule is COC(=O)/C=C1/S/C(=N\N=Cc2cc(OC)c(OC)c(OCc3ccccc3)c2)NC1=O. The third-order valence-electron chi connectivity index (χ3n) is 4.16. The van der Waals surface area contributed by atoms with Crippen LogP contribution in [0.4, 0.5) is 0 Å². The minimum absolute atomic E-state index is 0.175. The van der Waals surface area contributed by atoms with Crippen molar-refractivity contribution in [2.24, 2.45) is 10.2 Å². The summed E-state index contributed by atoms with van der Waals surface area (Å²) < 4.78 is 21.3. The molecule has 10 heteroatoms. The third-order valence-corrected chi connectivity index (χ3v) is 5.06. The summed E-state index contributed by atoms with van der Waals surface area (Å²) in [7, 11) is 4.30. The predicted molar refractivity (Wildman–Crippen MR) is 121 cm³/mol. The second-order valence-electron chi connectivity index (χ2n) is 6.27. The summed E-state index contributed by atoms with van der Waals surface area (Å²) in [6.45, 7) is 0.348. The van der Waals surface area contributed by atoms with Crippen molar-refractivity contribution in [3.8, 4) is 17.2 Å². The van der Waals surface area contributed by atoms with E-state index in [2.05, 4.69) is 20.3 Å². The molecule has 1 fully saturated rings. The number of ether oxygens (including phenoxy) is 4. The molecule has 1 heterocycles. The van der Waals surface area contributed by atoms with Crippen molar-refractivity contribution in [1.82, 2.24) is 5.32 Å². The Bertz CT molecular complexity index is 1080. The second kappa shape index (κ2) is 11.0. The number of nitrogens with zero attached hydrogens (tertiary/aromatic N) is 2. The standard InChI is InChI=1S/C22H21N3O6S/c1-28-16-9-15(10-17(20(16)30-3)31-13-14-7-5-4-6-8-14)12-23-25-22-24-21(27)18(32-22)11-19(26)29-2/h4-12H,13H2,1-3H3,(H,24,25,27)/b18-11+,23-12?. The van der Waals surface area contributed by atoms with Crippen molar-refractivity contribution in [3.63, 3.8) is 0 Å². The molecule has 32 heavy (non-hydrogen) atoms. The number of hydrogen-bond donors (Lipinski definition) is 1. The number of carbonyl (C=O) groups is 2. The highest BCUT2D eigenvalue weighted by molar-refractivity contribution is 8.18. The van der Waals surface area contributed by atoms with E-state index >= 15 is 0 Å². The minimum atomic E-state index is -0.624. The smallest absolute Gasteiger partial charge is 0.331 e. The number of methoxy groups -OCH3 is 3. The lowest BCUT2D eigenvalue weighted by atomic mass is 10.2. The van der Waals surface area contributed by atoms with Crippen LogP contribution in [0.2, 0.25) is 0 Å². The zero-order valence-electron chi connectivity index (χ0n) is 17.7. The highest BCUT2D eigenvalue weighted by Crippen LogP contribution is 2.38.